The van der Waals surface area contributed by atoms with Gasteiger partial charge < -0.3 is 14.2 Å². The van der Waals surface area contributed by atoms with E-state index in [4.69, 9.17) is 9.72 Å². The standard InChI is InChI=1S/C32H42N4O2S/c1-22-9-6-10-23(2)30(22)28-19-29-34-31(33-28)35-39(37)27-12-7-11-24(18-27)17-25-13-16-36(20-26(25)21-38-29)15-8-14-32(3,4)5/h6-7,9-12,18-19,25-26H,8,13-17,20-21H2,1-5H3,(H,33,34,35)/t25?,26-,39?/m1/s1. The minimum Gasteiger partial charge on any atom is -0.588 e. The molecular weight excluding hydrogens is 504 g/mol. The first kappa shape index (κ1) is 27.9. The van der Waals surface area contributed by atoms with Crippen LogP contribution in [-0.4, -0.2) is 45.7 Å². The summed E-state index contributed by atoms with van der Waals surface area (Å²) in [5, 5.41) is 0. The summed E-state index contributed by atoms with van der Waals surface area (Å²) in [4.78, 5) is 12.8. The van der Waals surface area contributed by atoms with Crippen molar-refractivity contribution >= 4 is 17.3 Å². The Morgan fingerprint density at radius 2 is 1.82 bits per heavy atom. The Morgan fingerprint density at radius 3 is 2.59 bits per heavy atom. The number of fused-ring (bicyclic) bond motifs is 5. The van der Waals surface area contributed by atoms with Crippen molar-refractivity contribution in [3.8, 4) is 17.1 Å². The first-order chi connectivity index (χ1) is 18.6. The second-order valence-corrected chi connectivity index (χ2v) is 13.7. The van der Waals surface area contributed by atoms with Crippen LogP contribution in [0.1, 0.15) is 56.7 Å². The average molecular weight is 547 g/mol. The predicted molar refractivity (Wildman–Crippen MR) is 159 cm³/mol. The molecule has 1 aromatic heterocycles. The van der Waals surface area contributed by atoms with Crippen molar-refractivity contribution in [1.82, 2.24) is 14.9 Å². The van der Waals surface area contributed by atoms with Crippen LogP contribution in [0.2, 0.25) is 0 Å². The number of ether oxygens (including phenoxy) is 1. The van der Waals surface area contributed by atoms with Gasteiger partial charge in [-0.2, -0.15) is 9.71 Å². The highest BCUT2D eigenvalue weighted by Crippen LogP contribution is 2.33. The van der Waals surface area contributed by atoms with Crippen molar-refractivity contribution in [1.29, 1.82) is 0 Å². The van der Waals surface area contributed by atoms with Gasteiger partial charge in [-0.1, -0.05) is 51.1 Å². The van der Waals surface area contributed by atoms with Crippen molar-refractivity contribution < 1.29 is 9.29 Å². The van der Waals surface area contributed by atoms with E-state index in [2.05, 4.69) is 79.6 Å². The number of anilines is 1. The molecule has 1 fully saturated rings. The molecule has 0 aliphatic carbocycles. The third-order valence-electron chi connectivity index (χ3n) is 8.06. The first-order valence-electron chi connectivity index (χ1n) is 14.2. The van der Waals surface area contributed by atoms with Gasteiger partial charge in [-0.05, 0) is 92.8 Å². The highest BCUT2D eigenvalue weighted by molar-refractivity contribution is 7.92. The number of nitrogens with one attached hydrogen (secondary N) is 1. The maximum Gasteiger partial charge on any atom is 0.269 e. The minimum atomic E-state index is -1.48. The largest absolute Gasteiger partial charge is 0.588 e. The molecule has 208 valence electrons. The molecule has 3 heterocycles. The Balaban J connectivity index is 1.46. The maximum atomic E-state index is 13.3. The zero-order valence-electron chi connectivity index (χ0n) is 24.0. The Morgan fingerprint density at radius 1 is 1.05 bits per heavy atom. The average Bonchev–Trinajstić information content (AvgIpc) is 2.88. The fourth-order valence-corrected chi connectivity index (χ4v) is 6.80. The number of aryl methyl sites for hydroxylation is 2. The number of hydrogen-bond acceptors (Lipinski definition) is 6. The minimum absolute atomic E-state index is 0.317. The monoisotopic (exact) mass is 546 g/mol. The third kappa shape index (κ3) is 7.13. The van der Waals surface area contributed by atoms with Crippen LogP contribution in [0, 0.1) is 31.1 Å². The zero-order chi connectivity index (χ0) is 27.6. The molecule has 2 unspecified atom stereocenters. The zero-order valence-corrected chi connectivity index (χ0v) is 24.8. The van der Waals surface area contributed by atoms with Gasteiger partial charge in [0.15, 0.2) is 4.90 Å². The molecule has 3 aromatic rings. The molecular formula is C32H42N4O2S. The molecule has 0 amide bonds. The summed E-state index contributed by atoms with van der Waals surface area (Å²) in [6.07, 6.45) is 4.55. The molecule has 0 spiro atoms. The number of nitrogens with zero attached hydrogens (tertiary/aromatic N) is 3. The Hall–Kier alpha value is -2.61. The summed E-state index contributed by atoms with van der Waals surface area (Å²) in [5.74, 6) is 1.73. The van der Waals surface area contributed by atoms with Gasteiger partial charge in [-0.15, -0.1) is 0 Å². The lowest BCUT2D eigenvalue weighted by Gasteiger charge is -2.39. The SMILES string of the molecule is Cc1cccc(C)c1-c1cc2nc(n1)N[S+]([O-])c1cccc(c1)CC1CCN(CCCC(C)(C)C)C[C@@H]1CO2. The molecule has 2 aliphatic heterocycles. The van der Waals surface area contributed by atoms with Gasteiger partial charge in [0.2, 0.25) is 5.88 Å². The molecule has 7 heteroatoms. The molecule has 2 aliphatic rings. The molecule has 1 N–H and O–H groups in total. The third-order valence-corrected chi connectivity index (χ3v) is 9.11. The number of hydrogen-bond donors (Lipinski definition) is 1. The molecule has 0 radical (unpaired) electrons. The summed E-state index contributed by atoms with van der Waals surface area (Å²) in [7, 11) is 0. The maximum absolute atomic E-state index is 13.3. The Bertz CT molecular complexity index is 1270. The van der Waals surface area contributed by atoms with Crippen molar-refractivity contribution in [2.75, 3.05) is 31.0 Å². The van der Waals surface area contributed by atoms with E-state index >= 15 is 0 Å². The van der Waals surface area contributed by atoms with Crippen LogP contribution < -0.4 is 9.46 Å². The van der Waals surface area contributed by atoms with Crippen LogP contribution in [0.3, 0.4) is 0 Å². The summed E-state index contributed by atoms with van der Waals surface area (Å²) in [6.45, 7) is 15.0. The predicted octanol–water partition coefficient (Wildman–Crippen LogP) is 6.59. The van der Waals surface area contributed by atoms with E-state index in [1.54, 1.807) is 0 Å². The Labute approximate surface area is 236 Å². The molecule has 6 nitrogen and oxygen atoms in total. The van der Waals surface area contributed by atoms with Gasteiger partial charge in [0.05, 0.1) is 12.3 Å². The second kappa shape index (κ2) is 11.9. The summed E-state index contributed by atoms with van der Waals surface area (Å²) < 4.78 is 22.8. The quantitative estimate of drug-likeness (QED) is 0.372. The number of rotatable bonds is 4. The van der Waals surface area contributed by atoms with E-state index in [1.165, 1.54) is 18.4 Å². The topological polar surface area (TPSA) is 73.3 Å². The molecule has 4 bridgehead atoms. The van der Waals surface area contributed by atoms with Crippen LogP contribution in [-0.2, 0) is 17.8 Å². The van der Waals surface area contributed by atoms with Gasteiger partial charge >= 0.3 is 0 Å². The molecule has 0 saturated carbocycles. The van der Waals surface area contributed by atoms with Crippen molar-refractivity contribution in [2.45, 2.75) is 65.2 Å². The van der Waals surface area contributed by atoms with Crippen LogP contribution in [0.15, 0.2) is 53.4 Å². The normalized spacial score (nSPS) is 21.9. The van der Waals surface area contributed by atoms with Crippen molar-refractivity contribution in [3.63, 3.8) is 0 Å². The summed E-state index contributed by atoms with van der Waals surface area (Å²) >= 11 is -1.48. The second-order valence-electron chi connectivity index (χ2n) is 12.5. The van der Waals surface area contributed by atoms with E-state index in [0.717, 1.165) is 59.8 Å². The van der Waals surface area contributed by atoms with Crippen LogP contribution >= 0.6 is 0 Å². The van der Waals surface area contributed by atoms with E-state index in [-0.39, 0.29) is 0 Å². The molecule has 1 saturated heterocycles. The van der Waals surface area contributed by atoms with E-state index in [1.807, 2.05) is 18.2 Å². The lowest BCUT2D eigenvalue weighted by Crippen LogP contribution is -2.44. The van der Waals surface area contributed by atoms with Gasteiger partial charge in [0, 0.05) is 24.1 Å². The highest BCUT2D eigenvalue weighted by Gasteiger charge is 2.31. The van der Waals surface area contributed by atoms with Crippen LogP contribution in [0.4, 0.5) is 5.95 Å². The van der Waals surface area contributed by atoms with Gasteiger partial charge in [-0.3, -0.25) is 0 Å². The Kier molecular flexibility index (Phi) is 8.50. The number of likely N-dealkylation sites (tertiary alicyclic amines) is 1. The number of aromatic nitrogens is 2. The number of piperidine rings is 1. The molecule has 5 rings (SSSR count). The molecule has 3 atom stereocenters. The highest BCUT2D eigenvalue weighted by atomic mass is 32.2. The number of benzene rings is 2. The van der Waals surface area contributed by atoms with Crippen LogP contribution in [0.5, 0.6) is 5.88 Å². The van der Waals surface area contributed by atoms with Gasteiger partial charge in [0.25, 0.3) is 5.95 Å². The fraction of sp³-hybridized carbons (Fsp3) is 0.500. The smallest absolute Gasteiger partial charge is 0.269 e. The van der Waals surface area contributed by atoms with Gasteiger partial charge in [-0.25, -0.2) is 4.98 Å². The van der Waals surface area contributed by atoms with Crippen LogP contribution in [0.25, 0.3) is 11.3 Å². The summed E-state index contributed by atoms with van der Waals surface area (Å²) in [5.41, 5.74) is 5.70. The molecule has 39 heavy (non-hydrogen) atoms. The van der Waals surface area contributed by atoms with Gasteiger partial charge in [0.1, 0.15) is 11.4 Å². The molecule has 2 aromatic carbocycles. The first-order valence-corrected chi connectivity index (χ1v) is 15.4. The fourth-order valence-electron chi connectivity index (χ4n) is 5.97. The van der Waals surface area contributed by atoms with E-state index < -0.39 is 11.4 Å². The van der Waals surface area contributed by atoms with Crippen molar-refractivity contribution in [3.05, 3.63) is 65.2 Å². The lowest BCUT2D eigenvalue weighted by atomic mass is 9.81. The summed E-state index contributed by atoms with van der Waals surface area (Å²) in [6, 6.07) is 16.3. The van der Waals surface area contributed by atoms with Crippen molar-refractivity contribution in [2.24, 2.45) is 17.3 Å². The lowest BCUT2D eigenvalue weighted by molar-refractivity contribution is 0.0763. The van der Waals surface area contributed by atoms with E-state index in [9.17, 15) is 4.55 Å². The van der Waals surface area contributed by atoms with E-state index in [0.29, 0.717) is 35.7 Å².